The molecule has 0 spiro atoms. The van der Waals surface area contributed by atoms with Crippen molar-refractivity contribution in [3.63, 3.8) is 0 Å². The number of aromatic nitrogens is 2. The molecular formula is C22H22FN3O2. The molecule has 1 heterocycles. The SMILES string of the molecule is COc1ccc(C)cc1-n1ccc(C(=O)NCC2(c3ccc(F)cc3)CC2)n1. The third-order valence-corrected chi connectivity index (χ3v) is 5.30. The van der Waals surface area contributed by atoms with Crippen molar-refractivity contribution < 1.29 is 13.9 Å². The Labute approximate surface area is 163 Å². The van der Waals surface area contributed by atoms with Crippen molar-refractivity contribution in [2.45, 2.75) is 25.2 Å². The topological polar surface area (TPSA) is 56.1 Å². The summed E-state index contributed by atoms with van der Waals surface area (Å²) in [5, 5.41) is 7.39. The molecule has 5 nitrogen and oxygen atoms in total. The number of aryl methyl sites for hydroxylation is 1. The van der Waals surface area contributed by atoms with E-state index in [1.807, 2.05) is 25.1 Å². The smallest absolute Gasteiger partial charge is 0.271 e. The summed E-state index contributed by atoms with van der Waals surface area (Å²) in [5.41, 5.74) is 3.17. The minimum atomic E-state index is -0.249. The maximum Gasteiger partial charge on any atom is 0.271 e. The molecule has 6 heteroatoms. The second-order valence-electron chi connectivity index (χ2n) is 7.29. The van der Waals surface area contributed by atoms with Gasteiger partial charge in [0.1, 0.15) is 17.3 Å². The summed E-state index contributed by atoms with van der Waals surface area (Å²) in [7, 11) is 1.61. The Bertz CT molecular complexity index is 1010. The van der Waals surface area contributed by atoms with Crippen LogP contribution in [0.4, 0.5) is 4.39 Å². The second kappa shape index (κ2) is 7.11. The van der Waals surface area contributed by atoms with Crippen LogP contribution in [0.15, 0.2) is 54.7 Å². The van der Waals surface area contributed by atoms with E-state index in [1.165, 1.54) is 12.1 Å². The fourth-order valence-corrected chi connectivity index (χ4v) is 3.42. The molecule has 0 bridgehead atoms. The highest BCUT2D eigenvalue weighted by molar-refractivity contribution is 5.92. The van der Waals surface area contributed by atoms with Gasteiger partial charge in [0, 0.05) is 18.2 Å². The van der Waals surface area contributed by atoms with Gasteiger partial charge >= 0.3 is 0 Å². The molecule has 144 valence electrons. The number of amides is 1. The molecule has 2 aromatic carbocycles. The summed E-state index contributed by atoms with van der Waals surface area (Å²) in [5.74, 6) is 0.216. The number of hydrogen-bond acceptors (Lipinski definition) is 3. The molecule has 1 aliphatic rings. The van der Waals surface area contributed by atoms with Crippen molar-refractivity contribution in [2.75, 3.05) is 13.7 Å². The van der Waals surface area contributed by atoms with Crippen molar-refractivity contribution in [2.24, 2.45) is 0 Å². The normalized spacial score (nSPS) is 14.5. The number of rotatable bonds is 6. The third kappa shape index (κ3) is 3.50. The summed E-state index contributed by atoms with van der Waals surface area (Å²) in [6.07, 6.45) is 3.71. The molecule has 1 amide bonds. The Morgan fingerprint density at radius 3 is 2.64 bits per heavy atom. The number of methoxy groups -OCH3 is 1. The highest BCUT2D eigenvalue weighted by atomic mass is 19.1. The van der Waals surface area contributed by atoms with Crippen LogP contribution in [0.5, 0.6) is 5.75 Å². The summed E-state index contributed by atoms with van der Waals surface area (Å²) in [4.78, 5) is 12.6. The molecule has 0 unspecified atom stereocenters. The predicted octanol–water partition coefficient (Wildman–Crippen LogP) is 3.79. The van der Waals surface area contributed by atoms with Gasteiger partial charge in [-0.15, -0.1) is 0 Å². The van der Waals surface area contributed by atoms with Crippen molar-refractivity contribution in [1.29, 1.82) is 0 Å². The van der Waals surface area contributed by atoms with E-state index in [-0.39, 0.29) is 17.1 Å². The Balaban J connectivity index is 1.47. The molecule has 4 rings (SSSR count). The number of carbonyl (C=O) groups excluding carboxylic acids is 1. The lowest BCUT2D eigenvalue weighted by molar-refractivity contribution is 0.0944. The lowest BCUT2D eigenvalue weighted by Crippen LogP contribution is -2.32. The molecular weight excluding hydrogens is 357 g/mol. The Morgan fingerprint density at radius 1 is 1.21 bits per heavy atom. The Kier molecular flexibility index (Phi) is 4.63. The molecule has 1 aliphatic carbocycles. The van der Waals surface area contributed by atoms with Gasteiger partial charge in [-0.05, 0) is 61.2 Å². The van der Waals surface area contributed by atoms with E-state index in [0.717, 1.165) is 29.7 Å². The predicted molar refractivity (Wildman–Crippen MR) is 104 cm³/mol. The zero-order chi connectivity index (χ0) is 19.7. The number of benzene rings is 2. The molecule has 0 saturated heterocycles. The summed E-state index contributed by atoms with van der Waals surface area (Å²) in [6, 6.07) is 14.0. The van der Waals surface area contributed by atoms with Crippen molar-refractivity contribution in [3.8, 4) is 11.4 Å². The molecule has 1 fully saturated rings. The standard InChI is InChI=1S/C22H22FN3O2/c1-15-3-8-20(28-2)19(13-15)26-12-9-18(25-26)21(27)24-14-22(10-11-22)16-4-6-17(23)7-5-16/h3-9,12-13H,10-11,14H2,1-2H3,(H,24,27). The van der Waals surface area contributed by atoms with Crippen LogP contribution in [-0.2, 0) is 5.41 Å². The number of carbonyl (C=O) groups is 1. The average Bonchev–Trinajstić information content (AvgIpc) is 3.33. The number of hydrogen-bond donors (Lipinski definition) is 1. The van der Waals surface area contributed by atoms with E-state index < -0.39 is 0 Å². The lowest BCUT2D eigenvalue weighted by atomic mass is 9.96. The zero-order valence-electron chi connectivity index (χ0n) is 15.9. The van der Waals surface area contributed by atoms with Crippen LogP contribution in [0.3, 0.4) is 0 Å². The summed E-state index contributed by atoms with van der Waals surface area (Å²) >= 11 is 0. The fourth-order valence-electron chi connectivity index (χ4n) is 3.42. The first-order valence-corrected chi connectivity index (χ1v) is 9.26. The maximum atomic E-state index is 13.2. The van der Waals surface area contributed by atoms with Crippen LogP contribution in [0.2, 0.25) is 0 Å². The molecule has 1 aromatic heterocycles. The van der Waals surface area contributed by atoms with Crippen LogP contribution in [0.1, 0.15) is 34.5 Å². The molecule has 1 N–H and O–H groups in total. The van der Waals surface area contributed by atoms with Crippen LogP contribution in [0, 0.1) is 12.7 Å². The van der Waals surface area contributed by atoms with Crippen molar-refractivity contribution >= 4 is 5.91 Å². The summed E-state index contributed by atoms with van der Waals surface area (Å²) in [6.45, 7) is 2.50. The lowest BCUT2D eigenvalue weighted by Gasteiger charge is -2.16. The molecule has 3 aromatic rings. The van der Waals surface area contributed by atoms with Gasteiger partial charge in [-0.3, -0.25) is 4.79 Å². The monoisotopic (exact) mass is 379 g/mol. The van der Waals surface area contributed by atoms with Gasteiger partial charge in [-0.2, -0.15) is 5.10 Å². The first-order valence-electron chi connectivity index (χ1n) is 9.26. The molecule has 28 heavy (non-hydrogen) atoms. The second-order valence-corrected chi connectivity index (χ2v) is 7.29. The van der Waals surface area contributed by atoms with Crippen LogP contribution < -0.4 is 10.1 Å². The van der Waals surface area contributed by atoms with Gasteiger partial charge in [0.15, 0.2) is 5.69 Å². The number of nitrogens with one attached hydrogen (secondary N) is 1. The van der Waals surface area contributed by atoms with Gasteiger partial charge in [-0.25, -0.2) is 9.07 Å². The number of nitrogens with zero attached hydrogens (tertiary/aromatic N) is 2. The molecule has 0 aliphatic heterocycles. The first-order chi connectivity index (χ1) is 13.5. The average molecular weight is 379 g/mol. The van der Waals surface area contributed by atoms with Crippen LogP contribution in [-0.4, -0.2) is 29.3 Å². The van der Waals surface area contributed by atoms with Gasteiger partial charge < -0.3 is 10.1 Å². The number of ether oxygens (including phenoxy) is 1. The highest BCUT2D eigenvalue weighted by Gasteiger charge is 2.44. The van der Waals surface area contributed by atoms with E-state index in [9.17, 15) is 9.18 Å². The van der Waals surface area contributed by atoms with E-state index in [2.05, 4.69) is 10.4 Å². The van der Waals surface area contributed by atoms with E-state index >= 15 is 0 Å². The van der Waals surface area contributed by atoms with Gasteiger partial charge in [0.25, 0.3) is 5.91 Å². The van der Waals surface area contributed by atoms with Crippen LogP contribution >= 0.6 is 0 Å². The minimum absolute atomic E-state index is 0.0916. The summed E-state index contributed by atoms with van der Waals surface area (Å²) < 4.78 is 20.2. The maximum absolute atomic E-state index is 13.2. The van der Waals surface area contributed by atoms with E-state index in [1.54, 1.807) is 36.2 Å². The first kappa shape index (κ1) is 18.2. The third-order valence-electron chi connectivity index (χ3n) is 5.30. The van der Waals surface area contributed by atoms with Gasteiger partial charge in [0.05, 0.1) is 7.11 Å². The largest absolute Gasteiger partial charge is 0.494 e. The van der Waals surface area contributed by atoms with E-state index in [4.69, 9.17) is 4.74 Å². The quantitative estimate of drug-likeness (QED) is 0.709. The van der Waals surface area contributed by atoms with Gasteiger partial charge in [0.2, 0.25) is 0 Å². The Hall–Kier alpha value is -3.15. The molecule has 0 atom stereocenters. The molecule has 1 saturated carbocycles. The fraction of sp³-hybridized carbons (Fsp3) is 0.273. The van der Waals surface area contributed by atoms with Crippen molar-refractivity contribution in [3.05, 3.63) is 77.4 Å². The van der Waals surface area contributed by atoms with Gasteiger partial charge in [-0.1, -0.05) is 18.2 Å². The van der Waals surface area contributed by atoms with E-state index in [0.29, 0.717) is 18.0 Å². The minimum Gasteiger partial charge on any atom is -0.494 e. The Morgan fingerprint density at radius 2 is 1.96 bits per heavy atom. The van der Waals surface area contributed by atoms with Crippen LogP contribution in [0.25, 0.3) is 5.69 Å². The molecule has 0 radical (unpaired) electrons. The van der Waals surface area contributed by atoms with Crippen molar-refractivity contribution in [1.82, 2.24) is 15.1 Å². The highest BCUT2D eigenvalue weighted by Crippen LogP contribution is 2.47. The number of halogens is 1. The zero-order valence-corrected chi connectivity index (χ0v) is 15.9.